The first-order valence-corrected chi connectivity index (χ1v) is 8.95. The van der Waals surface area contributed by atoms with Gasteiger partial charge in [-0.1, -0.05) is 17.7 Å². The summed E-state index contributed by atoms with van der Waals surface area (Å²) in [6.45, 7) is 7.36. The molecular formula is C21H25N3. The summed E-state index contributed by atoms with van der Waals surface area (Å²) in [6, 6.07) is 11.2. The first-order chi connectivity index (χ1) is 11.7. The van der Waals surface area contributed by atoms with Gasteiger partial charge in [0.25, 0.3) is 0 Å². The molecule has 1 aromatic carbocycles. The number of nitrogens with zero attached hydrogens (tertiary/aromatic N) is 2. The topological polar surface area (TPSA) is 29.9 Å². The molecule has 1 aliphatic heterocycles. The number of nitrogens with one attached hydrogen (secondary N) is 1. The molecule has 2 aromatic heterocycles. The molecule has 0 fully saturated rings. The normalized spacial score (nSPS) is 14.6. The van der Waals surface area contributed by atoms with Crippen molar-refractivity contribution in [1.29, 1.82) is 0 Å². The summed E-state index contributed by atoms with van der Waals surface area (Å²) in [5.41, 5.74) is 8.16. The lowest BCUT2D eigenvalue weighted by Crippen LogP contribution is -2.11. The van der Waals surface area contributed by atoms with Crippen LogP contribution >= 0.6 is 0 Å². The molecule has 3 nitrogen and oxygen atoms in total. The summed E-state index contributed by atoms with van der Waals surface area (Å²) in [5.74, 6) is 0. The highest BCUT2D eigenvalue weighted by Crippen LogP contribution is 2.30. The maximum Gasteiger partial charge on any atom is 0.0486 e. The number of aromatic nitrogens is 2. The molecule has 0 amide bonds. The molecule has 3 heteroatoms. The molecule has 0 saturated carbocycles. The Morgan fingerprint density at radius 2 is 2.08 bits per heavy atom. The Bertz CT molecular complexity index is 859. The standard InChI is InChI=1S/C21H25N3/c1-15-5-8-21-18(12-15)19-14-22-10-3-4-20(19)24(21)11-9-17-7-6-16(2)23-13-17/h5-8,12-13,22H,3-4,9-11,14H2,1-2H3. The Morgan fingerprint density at radius 3 is 2.92 bits per heavy atom. The average Bonchev–Trinajstić information content (AvgIpc) is 2.74. The molecule has 124 valence electrons. The van der Waals surface area contributed by atoms with E-state index in [1.807, 2.05) is 13.1 Å². The fourth-order valence-electron chi connectivity index (χ4n) is 3.81. The summed E-state index contributed by atoms with van der Waals surface area (Å²) in [4.78, 5) is 4.44. The highest BCUT2D eigenvalue weighted by molar-refractivity contribution is 5.86. The third-order valence-electron chi connectivity index (χ3n) is 5.11. The van der Waals surface area contributed by atoms with E-state index in [1.165, 1.54) is 46.1 Å². The van der Waals surface area contributed by atoms with Crippen LogP contribution in [0.25, 0.3) is 10.9 Å². The molecule has 0 aliphatic carbocycles. The van der Waals surface area contributed by atoms with Gasteiger partial charge in [-0.05, 0) is 69.0 Å². The third-order valence-corrected chi connectivity index (χ3v) is 5.11. The molecule has 0 saturated heterocycles. The van der Waals surface area contributed by atoms with E-state index in [1.54, 1.807) is 0 Å². The Balaban J connectivity index is 1.73. The first-order valence-electron chi connectivity index (χ1n) is 8.95. The smallest absolute Gasteiger partial charge is 0.0486 e. The van der Waals surface area contributed by atoms with Gasteiger partial charge in [0, 0.05) is 41.6 Å². The van der Waals surface area contributed by atoms with E-state index in [-0.39, 0.29) is 0 Å². The van der Waals surface area contributed by atoms with E-state index in [4.69, 9.17) is 0 Å². The highest BCUT2D eigenvalue weighted by atomic mass is 15.0. The minimum atomic E-state index is 0.994. The predicted octanol–water partition coefficient (Wildman–Crippen LogP) is 3.93. The molecule has 0 spiro atoms. The molecule has 0 atom stereocenters. The van der Waals surface area contributed by atoms with Crippen LogP contribution in [-0.2, 0) is 25.9 Å². The van der Waals surface area contributed by atoms with Crippen molar-refractivity contribution in [2.45, 2.75) is 46.2 Å². The zero-order chi connectivity index (χ0) is 16.5. The molecule has 3 aromatic rings. The summed E-state index contributed by atoms with van der Waals surface area (Å²) in [5, 5.41) is 5.02. The quantitative estimate of drug-likeness (QED) is 0.792. The maximum atomic E-state index is 4.44. The largest absolute Gasteiger partial charge is 0.344 e. The Morgan fingerprint density at radius 1 is 1.17 bits per heavy atom. The molecule has 1 N–H and O–H groups in total. The summed E-state index contributed by atoms with van der Waals surface area (Å²) >= 11 is 0. The maximum absolute atomic E-state index is 4.44. The summed E-state index contributed by atoms with van der Waals surface area (Å²) < 4.78 is 2.55. The molecule has 0 unspecified atom stereocenters. The van der Waals surface area contributed by atoms with Gasteiger partial charge in [-0.15, -0.1) is 0 Å². The number of aryl methyl sites for hydroxylation is 4. The zero-order valence-corrected chi connectivity index (χ0v) is 14.6. The molecule has 0 bridgehead atoms. The van der Waals surface area contributed by atoms with Gasteiger partial charge in [0.05, 0.1) is 0 Å². The van der Waals surface area contributed by atoms with Crippen LogP contribution in [0.5, 0.6) is 0 Å². The van der Waals surface area contributed by atoms with Crippen LogP contribution in [0.15, 0.2) is 36.5 Å². The van der Waals surface area contributed by atoms with Crippen LogP contribution in [0.1, 0.15) is 34.5 Å². The monoisotopic (exact) mass is 319 g/mol. The lowest BCUT2D eigenvalue weighted by molar-refractivity contribution is 0.655. The fourth-order valence-corrected chi connectivity index (χ4v) is 3.81. The molecule has 24 heavy (non-hydrogen) atoms. The summed E-state index contributed by atoms with van der Waals surface area (Å²) in [7, 11) is 0. The van der Waals surface area contributed by atoms with Gasteiger partial charge in [-0.2, -0.15) is 0 Å². The molecule has 3 heterocycles. The van der Waals surface area contributed by atoms with Crippen LogP contribution in [-0.4, -0.2) is 16.1 Å². The van der Waals surface area contributed by atoms with E-state index in [9.17, 15) is 0 Å². The van der Waals surface area contributed by atoms with Crippen molar-refractivity contribution in [2.24, 2.45) is 0 Å². The second-order valence-corrected chi connectivity index (χ2v) is 6.94. The first kappa shape index (κ1) is 15.4. The predicted molar refractivity (Wildman–Crippen MR) is 99.4 cm³/mol. The number of hydrogen-bond acceptors (Lipinski definition) is 2. The van der Waals surface area contributed by atoms with Gasteiger partial charge < -0.3 is 9.88 Å². The van der Waals surface area contributed by atoms with Gasteiger partial charge in [-0.3, -0.25) is 4.98 Å². The van der Waals surface area contributed by atoms with Crippen LogP contribution in [0.3, 0.4) is 0 Å². The molecular weight excluding hydrogens is 294 g/mol. The van der Waals surface area contributed by atoms with Gasteiger partial charge in [0.1, 0.15) is 0 Å². The van der Waals surface area contributed by atoms with Crippen molar-refractivity contribution in [3.8, 4) is 0 Å². The second kappa shape index (κ2) is 6.40. The van der Waals surface area contributed by atoms with Crippen molar-refractivity contribution < 1.29 is 0 Å². The van der Waals surface area contributed by atoms with E-state index in [0.29, 0.717) is 0 Å². The van der Waals surface area contributed by atoms with Crippen LogP contribution < -0.4 is 5.32 Å². The molecule has 1 aliphatic rings. The average molecular weight is 319 g/mol. The second-order valence-electron chi connectivity index (χ2n) is 6.94. The Hall–Kier alpha value is -2.13. The van der Waals surface area contributed by atoms with Gasteiger partial charge in [0.15, 0.2) is 0 Å². The van der Waals surface area contributed by atoms with Crippen molar-refractivity contribution >= 4 is 10.9 Å². The Labute approximate surface area is 143 Å². The van der Waals surface area contributed by atoms with Crippen LogP contribution in [0.4, 0.5) is 0 Å². The Kier molecular flexibility index (Phi) is 4.11. The van der Waals surface area contributed by atoms with Gasteiger partial charge >= 0.3 is 0 Å². The van der Waals surface area contributed by atoms with Gasteiger partial charge in [0.2, 0.25) is 0 Å². The highest BCUT2D eigenvalue weighted by Gasteiger charge is 2.18. The molecule has 0 radical (unpaired) electrons. The number of pyridine rings is 1. The minimum Gasteiger partial charge on any atom is -0.344 e. The number of fused-ring (bicyclic) bond motifs is 3. The number of benzene rings is 1. The molecule has 4 rings (SSSR count). The number of hydrogen-bond donors (Lipinski definition) is 1. The lowest BCUT2D eigenvalue weighted by Gasteiger charge is -2.11. The minimum absolute atomic E-state index is 0.994. The van der Waals surface area contributed by atoms with Crippen LogP contribution in [0, 0.1) is 13.8 Å². The van der Waals surface area contributed by atoms with E-state index in [0.717, 1.165) is 31.7 Å². The van der Waals surface area contributed by atoms with Crippen molar-refractivity contribution in [3.63, 3.8) is 0 Å². The van der Waals surface area contributed by atoms with Crippen LogP contribution in [0.2, 0.25) is 0 Å². The number of rotatable bonds is 3. The van der Waals surface area contributed by atoms with Crippen molar-refractivity contribution in [2.75, 3.05) is 6.54 Å². The van der Waals surface area contributed by atoms with E-state index >= 15 is 0 Å². The summed E-state index contributed by atoms with van der Waals surface area (Å²) in [6.07, 6.45) is 5.44. The third kappa shape index (κ3) is 2.84. The fraction of sp³-hybridized carbons (Fsp3) is 0.381. The van der Waals surface area contributed by atoms with E-state index in [2.05, 4.69) is 52.1 Å². The van der Waals surface area contributed by atoms with Crippen molar-refractivity contribution in [3.05, 3.63) is 64.6 Å². The van der Waals surface area contributed by atoms with Gasteiger partial charge in [-0.25, -0.2) is 0 Å². The lowest BCUT2D eigenvalue weighted by atomic mass is 10.1. The zero-order valence-electron chi connectivity index (χ0n) is 14.6. The van der Waals surface area contributed by atoms with Crippen molar-refractivity contribution in [1.82, 2.24) is 14.9 Å². The van der Waals surface area contributed by atoms with E-state index < -0.39 is 0 Å². The SMILES string of the molecule is Cc1ccc2c(c1)c1c(n2CCc2ccc(C)nc2)CCCNC1.